The molecular formula is C72H47BrN2O2. The van der Waals surface area contributed by atoms with Crippen molar-refractivity contribution in [2.45, 2.75) is 0 Å². The van der Waals surface area contributed by atoms with E-state index in [9.17, 15) is 0 Å². The minimum Gasteiger partial charge on any atom is -0.455 e. The summed E-state index contributed by atoms with van der Waals surface area (Å²) in [6.45, 7) is 0. The molecule has 5 heteroatoms. The molecule has 77 heavy (non-hydrogen) atoms. The fourth-order valence-electron chi connectivity index (χ4n) is 11.3. The summed E-state index contributed by atoms with van der Waals surface area (Å²) >= 11 is 3.62. The minimum absolute atomic E-state index is 0.805. The van der Waals surface area contributed by atoms with Crippen LogP contribution in [0.5, 0.6) is 0 Å². The Hall–Kier alpha value is -9.68. The molecule has 4 nitrogen and oxygen atoms in total. The molecule has 0 aliphatic rings. The van der Waals surface area contributed by atoms with Crippen molar-refractivity contribution in [3.8, 4) is 22.3 Å². The number of furan rings is 2. The zero-order valence-corrected chi connectivity index (χ0v) is 43.3. The lowest BCUT2D eigenvalue weighted by molar-refractivity contribution is 0.667. The van der Waals surface area contributed by atoms with Crippen molar-refractivity contribution < 1.29 is 8.83 Å². The first-order chi connectivity index (χ1) is 38.0. The molecule has 2 aromatic heterocycles. The van der Waals surface area contributed by atoms with Crippen LogP contribution in [0.15, 0.2) is 280 Å². The Kier molecular flexibility index (Phi) is 11.5. The number of hydrogen-bond donors (Lipinski definition) is 2. The number of anilines is 3. The first-order valence-electron chi connectivity index (χ1n) is 25.9. The number of rotatable bonds is 4. The molecule has 2 heterocycles. The highest BCUT2D eigenvalue weighted by molar-refractivity contribution is 9.10. The van der Waals surface area contributed by atoms with Gasteiger partial charge in [-0.3, -0.25) is 0 Å². The van der Waals surface area contributed by atoms with Crippen LogP contribution in [0.2, 0.25) is 0 Å². The normalized spacial score (nSPS) is 11.5. The van der Waals surface area contributed by atoms with Crippen molar-refractivity contribution >= 4 is 142 Å². The van der Waals surface area contributed by atoms with Gasteiger partial charge in [0.1, 0.15) is 16.7 Å². The van der Waals surface area contributed by atoms with Gasteiger partial charge >= 0.3 is 0 Å². The van der Waals surface area contributed by atoms with E-state index in [0.29, 0.717) is 0 Å². The van der Waals surface area contributed by atoms with Crippen LogP contribution in [0.1, 0.15) is 0 Å². The number of nitrogens with one attached hydrogen (secondary N) is 1. The van der Waals surface area contributed by atoms with E-state index in [2.05, 4.69) is 234 Å². The SMILES string of the molecule is Brc1cccc2c1oc1cc3c4ccccc4c4ccccc4c3cc12.Nc1ccc(-c2ccccc2)cc1.c1ccc(-c2ccc(Nc3cccc4c3oc3cc5c6ccccc6c6ccccc6c5cc34)cc2)cc1. The number of nitrogens with two attached hydrogens (primary N) is 1. The number of hydrogen-bond acceptors (Lipinski definition) is 4. The summed E-state index contributed by atoms with van der Waals surface area (Å²) in [4.78, 5) is 0. The molecule has 0 fully saturated rings. The second-order valence-corrected chi connectivity index (χ2v) is 20.4. The third kappa shape index (κ3) is 8.25. The standard InChI is InChI=1S/C36H23NO.C24H13BrO.C12H11N/c1-2-9-23(10-3-1)24-17-19-25(20-18-24)37-34-16-8-15-30-33-21-31-28-13-6-4-11-26(28)27-12-5-7-14-29(27)32(31)22-35(33)38-36(30)34;25-22-11-5-10-18-21-12-19-16-8-3-1-6-14(16)15-7-2-4-9-17(15)20(19)13-23(21)26-24(18)22;13-12-8-6-11(7-9-12)10-4-2-1-3-5-10/h1-22,37H;1-13H;1-9H,13H2. The highest BCUT2D eigenvalue weighted by Crippen LogP contribution is 2.43. The Morgan fingerprint density at radius 2 is 0.610 bits per heavy atom. The van der Waals surface area contributed by atoms with Gasteiger partial charge in [0.05, 0.1) is 10.2 Å². The monoisotopic (exact) mass is 1050 g/mol. The van der Waals surface area contributed by atoms with E-state index in [1.54, 1.807) is 0 Å². The molecule has 0 amide bonds. The molecule has 0 bridgehead atoms. The first-order valence-corrected chi connectivity index (χ1v) is 26.7. The lowest BCUT2D eigenvalue weighted by atomic mass is 9.93. The Morgan fingerprint density at radius 3 is 1.06 bits per heavy atom. The number of nitrogen functional groups attached to an aromatic ring is 1. The van der Waals surface area contributed by atoms with Crippen LogP contribution < -0.4 is 11.1 Å². The summed E-state index contributed by atoms with van der Waals surface area (Å²) in [6, 6.07) is 93.4. The maximum atomic E-state index is 6.56. The molecule has 16 aromatic rings. The second kappa shape index (κ2) is 19.2. The van der Waals surface area contributed by atoms with Gasteiger partial charge in [-0.05, 0) is 163 Å². The van der Waals surface area contributed by atoms with Crippen molar-refractivity contribution in [3.05, 3.63) is 271 Å². The van der Waals surface area contributed by atoms with Crippen molar-refractivity contribution in [1.82, 2.24) is 0 Å². The zero-order valence-electron chi connectivity index (χ0n) is 41.7. The van der Waals surface area contributed by atoms with Gasteiger partial charge < -0.3 is 19.9 Å². The van der Waals surface area contributed by atoms with Gasteiger partial charge in [-0.2, -0.15) is 0 Å². The molecule has 16 rings (SSSR count). The van der Waals surface area contributed by atoms with Gasteiger partial charge in [-0.1, -0.05) is 206 Å². The van der Waals surface area contributed by atoms with Crippen molar-refractivity contribution in [3.63, 3.8) is 0 Å². The van der Waals surface area contributed by atoms with E-state index < -0.39 is 0 Å². The Balaban J connectivity index is 0.000000119. The molecule has 364 valence electrons. The highest BCUT2D eigenvalue weighted by Gasteiger charge is 2.17. The van der Waals surface area contributed by atoms with Crippen LogP contribution in [0.3, 0.4) is 0 Å². The summed E-state index contributed by atoms with van der Waals surface area (Å²) in [7, 11) is 0. The fourth-order valence-corrected chi connectivity index (χ4v) is 11.7. The van der Waals surface area contributed by atoms with Crippen molar-refractivity contribution in [1.29, 1.82) is 0 Å². The molecule has 0 saturated carbocycles. The summed E-state index contributed by atoms with van der Waals surface area (Å²) < 4.78 is 13.8. The average molecular weight is 1050 g/mol. The van der Waals surface area contributed by atoms with E-state index in [1.807, 2.05) is 54.6 Å². The summed E-state index contributed by atoms with van der Waals surface area (Å²) in [6.07, 6.45) is 0. The molecule has 0 atom stereocenters. The highest BCUT2D eigenvalue weighted by atomic mass is 79.9. The maximum absolute atomic E-state index is 6.56. The van der Waals surface area contributed by atoms with E-state index in [4.69, 9.17) is 14.6 Å². The van der Waals surface area contributed by atoms with E-state index in [0.717, 1.165) is 65.4 Å². The van der Waals surface area contributed by atoms with E-state index >= 15 is 0 Å². The lowest BCUT2D eigenvalue weighted by Gasteiger charge is -2.10. The molecular weight excluding hydrogens is 1000 g/mol. The topological polar surface area (TPSA) is 64.3 Å². The first kappa shape index (κ1) is 45.9. The summed E-state index contributed by atoms with van der Waals surface area (Å²) in [5, 5.41) is 23.3. The van der Waals surface area contributed by atoms with Crippen LogP contribution in [-0.4, -0.2) is 0 Å². The Bertz CT molecular complexity index is 4890. The van der Waals surface area contributed by atoms with Gasteiger partial charge in [0, 0.05) is 32.9 Å². The molecule has 0 spiro atoms. The second-order valence-electron chi connectivity index (χ2n) is 19.5. The molecule has 3 N–H and O–H groups in total. The smallest absolute Gasteiger partial charge is 0.158 e. The number of benzene rings is 14. The lowest BCUT2D eigenvalue weighted by Crippen LogP contribution is -1.90. The van der Waals surface area contributed by atoms with Crippen molar-refractivity contribution in [2.24, 2.45) is 0 Å². The van der Waals surface area contributed by atoms with Crippen LogP contribution >= 0.6 is 15.9 Å². The predicted octanol–water partition coefficient (Wildman–Crippen LogP) is 21.2. The molecule has 0 unspecified atom stereocenters. The molecule has 0 radical (unpaired) electrons. The number of fused-ring (bicyclic) bond motifs is 18. The Labute approximate surface area is 452 Å². The predicted molar refractivity (Wildman–Crippen MR) is 332 cm³/mol. The van der Waals surface area contributed by atoms with Crippen LogP contribution in [-0.2, 0) is 0 Å². The number of para-hydroxylation sites is 2. The van der Waals surface area contributed by atoms with Crippen LogP contribution in [0, 0.1) is 0 Å². The van der Waals surface area contributed by atoms with Gasteiger partial charge in [-0.15, -0.1) is 0 Å². The molecule has 0 saturated heterocycles. The molecule has 0 aliphatic carbocycles. The number of halogens is 1. The van der Waals surface area contributed by atoms with Gasteiger partial charge in [0.15, 0.2) is 5.58 Å². The third-order valence-corrected chi connectivity index (χ3v) is 15.6. The Morgan fingerprint density at radius 1 is 0.273 bits per heavy atom. The van der Waals surface area contributed by atoms with Crippen LogP contribution in [0.4, 0.5) is 17.1 Å². The summed E-state index contributed by atoms with van der Waals surface area (Å²) in [5.74, 6) is 0. The maximum Gasteiger partial charge on any atom is 0.158 e. The third-order valence-electron chi connectivity index (χ3n) is 15.0. The fraction of sp³-hybridized carbons (Fsp3) is 0. The largest absolute Gasteiger partial charge is 0.455 e. The molecule has 0 aliphatic heterocycles. The van der Waals surface area contributed by atoms with E-state index in [-0.39, 0.29) is 0 Å². The quantitative estimate of drug-likeness (QED) is 0.136. The van der Waals surface area contributed by atoms with Gasteiger partial charge in [0.2, 0.25) is 0 Å². The van der Waals surface area contributed by atoms with E-state index in [1.165, 1.54) is 86.9 Å². The summed E-state index contributed by atoms with van der Waals surface area (Å²) in [5.41, 5.74) is 16.9. The average Bonchev–Trinajstić information content (AvgIpc) is 4.17. The van der Waals surface area contributed by atoms with Crippen LogP contribution in [0.25, 0.3) is 131 Å². The van der Waals surface area contributed by atoms with Crippen molar-refractivity contribution in [2.75, 3.05) is 11.1 Å². The molecule has 14 aromatic carbocycles. The van der Waals surface area contributed by atoms with Gasteiger partial charge in [0.25, 0.3) is 0 Å². The zero-order chi connectivity index (χ0) is 51.4. The minimum atomic E-state index is 0.805. The van der Waals surface area contributed by atoms with Gasteiger partial charge in [-0.25, -0.2) is 0 Å².